The van der Waals surface area contributed by atoms with Crippen molar-refractivity contribution in [1.82, 2.24) is 5.32 Å². The van der Waals surface area contributed by atoms with Crippen molar-refractivity contribution in [2.75, 3.05) is 0 Å². The van der Waals surface area contributed by atoms with Gasteiger partial charge in [-0.15, -0.1) is 0 Å². The molecule has 2 nitrogen and oxygen atoms in total. The number of amidine groups is 1. The van der Waals surface area contributed by atoms with Crippen molar-refractivity contribution in [3.05, 3.63) is 36.1 Å². The Labute approximate surface area is 72.4 Å². The van der Waals surface area contributed by atoms with Crippen molar-refractivity contribution >= 4 is 5.84 Å². The zero-order chi connectivity index (χ0) is 8.39. The SMILES string of the molecule is CC1=NC2=CC(/C=C\C/C=C\2)N1. The topological polar surface area (TPSA) is 24.4 Å². The number of hydrogen-bond donors (Lipinski definition) is 1. The Morgan fingerprint density at radius 2 is 2.42 bits per heavy atom. The van der Waals surface area contributed by atoms with Gasteiger partial charge in [0.2, 0.25) is 0 Å². The molecule has 2 bridgehead atoms. The monoisotopic (exact) mass is 160 g/mol. The van der Waals surface area contributed by atoms with E-state index >= 15 is 0 Å². The van der Waals surface area contributed by atoms with E-state index in [1.54, 1.807) is 0 Å². The molecule has 0 fully saturated rings. The number of allylic oxidation sites excluding steroid dienone is 3. The molecule has 0 aromatic heterocycles. The summed E-state index contributed by atoms with van der Waals surface area (Å²) in [6.07, 6.45) is 11.7. The van der Waals surface area contributed by atoms with E-state index in [4.69, 9.17) is 0 Å². The lowest BCUT2D eigenvalue weighted by Crippen LogP contribution is -2.33. The molecule has 1 unspecified atom stereocenters. The molecule has 1 N–H and O–H groups in total. The van der Waals surface area contributed by atoms with Crippen LogP contribution in [-0.2, 0) is 0 Å². The largest absolute Gasteiger partial charge is 0.364 e. The molecule has 0 spiro atoms. The molecule has 12 heavy (non-hydrogen) atoms. The maximum absolute atomic E-state index is 4.35. The molecule has 0 aromatic carbocycles. The van der Waals surface area contributed by atoms with Gasteiger partial charge in [0.05, 0.1) is 17.6 Å². The highest BCUT2D eigenvalue weighted by Crippen LogP contribution is 2.11. The molecule has 1 atom stereocenters. The van der Waals surface area contributed by atoms with Crippen molar-refractivity contribution in [2.24, 2.45) is 4.99 Å². The Balaban J connectivity index is 2.34. The third-order valence-electron chi connectivity index (χ3n) is 1.93. The van der Waals surface area contributed by atoms with Gasteiger partial charge in [-0.25, -0.2) is 4.99 Å². The van der Waals surface area contributed by atoms with Crippen LogP contribution in [0.15, 0.2) is 41.1 Å². The first-order chi connectivity index (χ1) is 5.84. The van der Waals surface area contributed by atoms with E-state index in [9.17, 15) is 0 Å². The highest BCUT2D eigenvalue weighted by molar-refractivity contribution is 5.82. The number of nitrogens with one attached hydrogen (secondary N) is 1. The molecule has 0 aromatic rings. The van der Waals surface area contributed by atoms with Crippen LogP contribution in [0.1, 0.15) is 13.3 Å². The number of fused-ring (bicyclic) bond motifs is 1. The Morgan fingerprint density at radius 3 is 3.33 bits per heavy atom. The fourth-order valence-electron chi connectivity index (χ4n) is 1.42. The van der Waals surface area contributed by atoms with Gasteiger partial charge in [-0.3, -0.25) is 0 Å². The second-order valence-electron chi connectivity index (χ2n) is 3.03. The standard InChI is InChI=1S/C10H12N2/c1-8-11-9-5-3-2-4-6-10(7-9)12-8/h3-7,9H,2H2,1H3,(H,11,12)/b5-3-,6-4-. The molecule has 1 aliphatic heterocycles. The van der Waals surface area contributed by atoms with Crippen LogP contribution >= 0.6 is 0 Å². The molecule has 0 radical (unpaired) electrons. The van der Waals surface area contributed by atoms with Gasteiger partial charge in [-0.05, 0) is 25.5 Å². The van der Waals surface area contributed by atoms with E-state index in [2.05, 4.69) is 40.7 Å². The summed E-state index contributed by atoms with van der Waals surface area (Å²) >= 11 is 0. The van der Waals surface area contributed by atoms with Crippen LogP contribution in [0.5, 0.6) is 0 Å². The number of nitrogens with zero attached hydrogens (tertiary/aromatic N) is 1. The van der Waals surface area contributed by atoms with Gasteiger partial charge in [0.25, 0.3) is 0 Å². The van der Waals surface area contributed by atoms with Crippen LogP contribution in [0.3, 0.4) is 0 Å². The summed E-state index contributed by atoms with van der Waals surface area (Å²) in [7, 11) is 0. The molecule has 62 valence electrons. The van der Waals surface area contributed by atoms with Crippen molar-refractivity contribution < 1.29 is 0 Å². The van der Waals surface area contributed by atoms with Crippen LogP contribution in [0.2, 0.25) is 0 Å². The number of hydrogen-bond acceptors (Lipinski definition) is 2. The van der Waals surface area contributed by atoms with Crippen molar-refractivity contribution in [1.29, 1.82) is 0 Å². The van der Waals surface area contributed by atoms with Gasteiger partial charge in [-0.2, -0.15) is 0 Å². The number of aliphatic imine (C=N–C) groups is 1. The fraction of sp³-hybridized carbons (Fsp3) is 0.300. The van der Waals surface area contributed by atoms with Gasteiger partial charge in [0.15, 0.2) is 0 Å². The summed E-state index contributed by atoms with van der Waals surface area (Å²) in [4.78, 5) is 4.35. The van der Waals surface area contributed by atoms with Gasteiger partial charge < -0.3 is 5.32 Å². The predicted molar refractivity (Wildman–Crippen MR) is 51.0 cm³/mol. The molecule has 2 rings (SSSR count). The van der Waals surface area contributed by atoms with Crippen LogP contribution < -0.4 is 5.32 Å². The molecular formula is C10H12N2. The first-order valence-electron chi connectivity index (χ1n) is 4.21. The van der Waals surface area contributed by atoms with Gasteiger partial charge >= 0.3 is 0 Å². The summed E-state index contributed by atoms with van der Waals surface area (Å²) in [5, 5.41) is 3.27. The van der Waals surface area contributed by atoms with E-state index in [0.717, 1.165) is 18.0 Å². The summed E-state index contributed by atoms with van der Waals surface area (Å²) in [6.45, 7) is 1.99. The molecule has 1 heterocycles. The van der Waals surface area contributed by atoms with Gasteiger partial charge in [0, 0.05) is 0 Å². The number of rotatable bonds is 0. The minimum absolute atomic E-state index is 0.336. The first-order valence-corrected chi connectivity index (χ1v) is 4.21. The highest BCUT2D eigenvalue weighted by Gasteiger charge is 2.08. The first kappa shape index (κ1) is 7.35. The lowest BCUT2D eigenvalue weighted by Gasteiger charge is -2.18. The average Bonchev–Trinajstić information content (AvgIpc) is 2.00. The van der Waals surface area contributed by atoms with E-state index in [1.165, 1.54) is 0 Å². The van der Waals surface area contributed by atoms with Crippen LogP contribution in [0.4, 0.5) is 0 Å². The van der Waals surface area contributed by atoms with Crippen molar-refractivity contribution in [3.63, 3.8) is 0 Å². The molecule has 0 saturated heterocycles. The maximum Gasteiger partial charge on any atom is 0.0997 e. The minimum Gasteiger partial charge on any atom is -0.364 e. The summed E-state index contributed by atoms with van der Waals surface area (Å²) < 4.78 is 0. The van der Waals surface area contributed by atoms with Crippen LogP contribution in [0, 0.1) is 0 Å². The smallest absolute Gasteiger partial charge is 0.0997 e. The van der Waals surface area contributed by atoms with Crippen LogP contribution in [-0.4, -0.2) is 11.9 Å². The zero-order valence-corrected chi connectivity index (χ0v) is 7.12. The lowest BCUT2D eigenvalue weighted by atomic mass is 10.1. The third-order valence-corrected chi connectivity index (χ3v) is 1.93. The third kappa shape index (κ3) is 1.47. The quantitative estimate of drug-likeness (QED) is 0.537. The van der Waals surface area contributed by atoms with Crippen molar-refractivity contribution in [3.8, 4) is 0 Å². The maximum atomic E-state index is 4.35. The summed E-state index contributed by atoms with van der Waals surface area (Å²) in [6, 6.07) is 0.336. The normalized spacial score (nSPS) is 31.9. The molecule has 1 aliphatic carbocycles. The van der Waals surface area contributed by atoms with E-state index < -0.39 is 0 Å². The second kappa shape index (κ2) is 2.97. The average molecular weight is 160 g/mol. The highest BCUT2D eigenvalue weighted by atomic mass is 15.0. The Morgan fingerprint density at radius 1 is 1.50 bits per heavy atom. The molecule has 2 heteroatoms. The molecular weight excluding hydrogens is 148 g/mol. The Hall–Kier alpha value is -1.31. The summed E-state index contributed by atoms with van der Waals surface area (Å²) in [5.74, 6) is 0.994. The Bertz CT molecular complexity index is 295. The van der Waals surface area contributed by atoms with E-state index in [-0.39, 0.29) is 0 Å². The molecule has 2 aliphatic rings. The molecule has 0 saturated carbocycles. The van der Waals surface area contributed by atoms with Gasteiger partial charge in [-0.1, -0.05) is 18.2 Å². The van der Waals surface area contributed by atoms with Gasteiger partial charge in [0.1, 0.15) is 0 Å². The molecule has 0 amide bonds. The van der Waals surface area contributed by atoms with E-state index in [1.807, 2.05) is 6.92 Å². The zero-order valence-electron chi connectivity index (χ0n) is 7.12. The second-order valence-corrected chi connectivity index (χ2v) is 3.03. The van der Waals surface area contributed by atoms with E-state index in [0.29, 0.717) is 6.04 Å². The van der Waals surface area contributed by atoms with Crippen LogP contribution in [0.25, 0.3) is 0 Å². The Kier molecular flexibility index (Phi) is 1.82. The lowest BCUT2D eigenvalue weighted by molar-refractivity contribution is 0.842. The summed E-state index contributed by atoms with van der Waals surface area (Å²) in [5.41, 5.74) is 1.07. The fourth-order valence-corrected chi connectivity index (χ4v) is 1.42. The predicted octanol–water partition coefficient (Wildman–Crippen LogP) is 1.78. The minimum atomic E-state index is 0.336. The van der Waals surface area contributed by atoms with Crippen molar-refractivity contribution in [2.45, 2.75) is 19.4 Å².